The lowest BCUT2D eigenvalue weighted by atomic mass is 10.1. The molecule has 0 aliphatic heterocycles. The number of thioether (sulfide) groups is 1. The van der Waals surface area contributed by atoms with E-state index >= 15 is 0 Å². The van der Waals surface area contributed by atoms with Crippen LogP contribution in [0.25, 0.3) is 0 Å². The summed E-state index contributed by atoms with van der Waals surface area (Å²) in [5.41, 5.74) is -1.03. The maximum absolute atomic E-state index is 12.9. The molecule has 0 aromatic heterocycles. The molecule has 2 amide bonds. The van der Waals surface area contributed by atoms with E-state index in [2.05, 4.69) is 5.32 Å². The van der Waals surface area contributed by atoms with E-state index < -0.39 is 35.3 Å². The molecule has 0 heterocycles. The number of aliphatic hydroxyl groups is 1. The molecule has 1 atom stereocenters. The molecule has 0 fully saturated rings. The van der Waals surface area contributed by atoms with E-state index in [0.717, 1.165) is 17.0 Å². The number of halogens is 3. The lowest BCUT2D eigenvalue weighted by Gasteiger charge is -2.14. The van der Waals surface area contributed by atoms with Gasteiger partial charge in [-0.05, 0) is 36.1 Å². The quantitative estimate of drug-likeness (QED) is 0.534. The highest BCUT2D eigenvalue weighted by Gasteiger charge is 2.34. The molecule has 2 aromatic carbocycles. The minimum absolute atomic E-state index is 0.258. The van der Waals surface area contributed by atoms with Gasteiger partial charge in [-0.2, -0.15) is 13.2 Å². The molecule has 0 aliphatic rings. The summed E-state index contributed by atoms with van der Waals surface area (Å²) in [6.07, 6.45) is -3.82. The van der Waals surface area contributed by atoms with Crippen molar-refractivity contribution in [3.63, 3.8) is 0 Å². The zero-order chi connectivity index (χ0) is 20.0. The van der Waals surface area contributed by atoms with Crippen molar-refractivity contribution in [3.05, 3.63) is 59.7 Å². The van der Waals surface area contributed by atoms with Crippen LogP contribution in [-0.2, 0) is 15.8 Å². The van der Waals surface area contributed by atoms with Gasteiger partial charge in [0.25, 0.3) is 0 Å². The Hall–Kier alpha value is -2.52. The number of benzene rings is 2. The van der Waals surface area contributed by atoms with E-state index in [-0.39, 0.29) is 6.54 Å². The summed E-state index contributed by atoms with van der Waals surface area (Å²) < 4.78 is 38.7. The van der Waals surface area contributed by atoms with E-state index in [1.54, 1.807) is 24.3 Å². The van der Waals surface area contributed by atoms with Crippen LogP contribution in [0.15, 0.2) is 53.4 Å². The van der Waals surface area contributed by atoms with E-state index in [1.807, 2.05) is 11.6 Å². The molecular formula is C18H17F3N2O3S. The van der Waals surface area contributed by atoms with Gasteiger partial charge in [-0.25, -0.2) is 0 Å². The van der Waals surface area contributed by atoms with Crippen molar-refractivity contribution < 1.29 is 27.9 Å². The van der Waals surface area contributed by atoms with Gasteiger partial charge in [-0.1, -0.05) is 24.3 Å². The number of carbonyl (C=O) groups is 2. The second kappa shape index (κ2) is 8.92. The summed E-state index contributed by atoms with van der Waals surface area (Å²) in [5, 5.41) is 14.2. The van der Waals surface area contributed by atoms with Crippen molar-refractivity contribution in [2.24, 2.45) is 0 Å². The highest BCUT2D eigenvalue weighted by atomic mass is 32.2. The number of rotatable bonds is 5. The third-order valence-electron chi connectivity index (χ3n) is 3.64. The molecule has 2 rings (SSSR count). The molecule has 0 saturated carbocycles. The van der Waals surface area contributed by atoms with Gasteiger partial charge in [-0.15, -0.1) is 11.8 Å². The van der Waals surface area contributed by atoms with Crippen molar-refractivity contribution in [2.45, 2.75) is 17.2 Å². The van der Waals surface area contributed by atoms with Gasteiger partial charge in [0.05, 0.1) is 17.4 Å². The van der Waals surface area contributed by atoms with Crippen LogP contribution in [0.5, 0.6) is 0 Å². The molecular weight excluding hydrogens is 381 g/mol. The molecule has 0 unspecified atom stereocenters. The topological polar surface area (TPSA) is 78.4 Å². The number of hydrogen-bond acceptors (Lipinski definition) is 4. The van der Waals surface area contributed by atoms with E-state index in [0.29, 0.717) is 5.56 Å². The van der Waals surface area contributed by atoms with Crippen molar-refractivity contribution in [3.8, 4) is 0 Å². The van der Waals surface area contributed by atoms with Crippen LogP contribution in [0.2, 0.25) is 0 Å². The molecule has 0 radical (unpaired) electrons. The SMILES string of the molecule is CSc1ccc([C@@H](O)CNC(=O)C(=O)Nc2ccccc2C(F)(F)F)cc1. The average molecular weight is 398 g/mol. The van der Waals surface area contributed by atoms with Crippen molar-refractivity contribution in [1.82, 2.24) is 5.32 Å². The van der Waals surface area contributed by atoms with Crippen LogP contribution in [0.1, 0.15) is 17.2 Å². The van der Waals surface area contributed by atoms with Gasteiger partial charge in [0.1, 0.15) is 0 Å². The molecule has 0 spiro atoms. The Kier molecular flexibility index (Phi) is 6.86. The Morgan fingerprint density at radius 3 is 2.30 bits per heavy atom. The number of para-hydroxylation sites is 1. The molecule has 3 N–H and O–H groups in total. The fourth-order valence-electron chi connectivity index (χ4n) is 2.23. The fraction of sp³-hybridized carbons (Fsp3) is 0.222. The van der Waals surface area contributed by atoms with Crippen LogP contribution in [0.4, 0.5) is 18.9 Å². The van der Waals surface area contributed by atoms with Crippen molar-refractivity contribution >= 4 is 29.3 Å². The Balaban J connectivity index is 1.95. The third kappa shape index (κ3) is 5.73. The summed E-state index contributed by atoms with van der Waals surface area (Å²) in [7, 11) is 0. The number of aliphatic hydroxyl groups excluding tert-OH is 1. The molecule has 5 nitrogen and oxygen atoms in total. The highest BCUT2D eigenvalue weighted by Crippen LogP contribution is 2.34. The minimum Gasteiger partial charge on any atom is -0.387 e. The van der Waals surface area contributed by atoms with Crippen molar-refractivity contribution in [2.75, 3.05) is 18.1 Å². The number of nitrogens with one attached hydrogen (secondary N) is 2. The third-order valence-corrected chi connectivity index (χ3v) is 4.39. The molecule has 0 bridgehead atoms. The highest BCUT2D eigenvalue weighted by molar-refractivity contribution is 7.98. The first-order chi connectivity index (χ1) is 12.7. The fourth-order valence-corrected chi connectivity index (χ4v) is 2.64. The van der Waals surface area contributed by atoms with Crippen LogP contribution >= 0.6 is 11.8 Å². The number of alkyl halides is 3. The Labute approximate surface area is 158 Å². The van der Waals surface area contributed by atoms with Gasteiger partial charge in [0.15, 0.2) is 0 Å². The van der Waals surface area contributed by atoms with Gasteiger partial charge >= 0.3 is 18.0 Å². The van der Waals surface area contributed by atoms with Gasteiger partial charge < -0.3 is 15.7 Å². The lowest BCUT2D eigenvalue weighted by Crippen LogP contribution is -2.38. The zero-order valence-electron chi connectivity index (χ0n) is 14.2. The second-order valence-corrected chi connectivity index (χ2v) is 6.38. The number of hydrogen-bond donors (Lipinski definition) is 3. The smallest absolute Gasteiger partial charge is 0.387 e. The molecule has 9 heteroatoms. The maximum atomic E-state index is 12.9. The number of amides is 2. The zero-order valence-corrected chi connectivity index (χ0v) is 15.0. The normalized spacial score (nSPS) is 12.3. The van der Waals surface area contributed by atoms with Crippen LogP contribution in [0.3, 0.4) is 0 Å². The second-order valence-electron chi connectivity index (χ2n) is 5.50. The standard InChI is InChI=1S/C18H17F3N2O3S/c1-27-12-8-6-11(7-9-12)15(24)10-22-16(25)17(26)23-14-5-3-2-4-13(14)18(19,20)21/h2-9,15,24H,10H2,1H3,(H,22,25)(H,23,26)/t15-/m0/s1. The molecule has 27 heavy (non-hydrogen) atoms. The first kappa shape index (κ1) is 20.8. The van der Waals surface area contributed by atoms with Crippen molar-refractivity contribution in [1.29, 1.82) is 0 Å². The predicted octanol–water partition coefficient (Wildman–Crippen LogP) is 3.22. The van der Waals surface area contributed by atoms with Gasteiger partial charge in [0, 0.05) is 11.4 Å². The summed E-state index contributed by atoms with van der Waals surface area (Å²) in [4.78, 5) is 24.7. The van der Waals surface area contributed by atoms with Gasteiger partial charge in [-0.3, -0.25) is 9.59 Å². The number of carbonyl (C=O) groups excluding carboxylic acids is 2. The molecule has 2 aromatic rings. The van der Waals surface area contributed by atoms with E-state index in [4.69, 9.17) is 0 Å². The van der Waals surface area contributed by atoms with Crippen LogP contribution in [-0.4, -0.2) is 29.7 Å². The minimum atomic E-state index is -4.67. The van der Waals surface area contributed by atoms with Crippen LogP contribution < -0.4 is 10.6 Å². The predicted molar refractivity (Wildman–Crippen MR) is 96.3 cm³/mol. The summed E-state index contributed by atoms with van der Waals surface area (Å²) >= 11 is 1.53. The lowest BCUT2D eigenvalue weighted by molar-refractivity contribution is -0.138. The molecule has 144 valence electrons. The Morgan fingerprint density at radius 1 is 1.07 bits per heavy atom. The summed E-state index contributed by atoms with van der Waals surface area (Å²) in [5.74, 6) is -2.40. The first-order valence-corrected chi connectivity index (χ1v) is 9.02. The van der Waals surface area contributed by atoms with Gasteiger partial charge in [0.2, 0.25) is 0 Å². The molecule has 0 saturated heterocycles. The molecule has 0 aliphatic carbocycles. The van der Waals surface area contributed by atoms with E-state index in [9.17, 15) is 27.9 Å². The Bertz CT molecular complexity index is 810. The average Bonchev–Trinajstić information content (AvgIpc) is 2.65. The monoisotopic (exact) mass is 398 g/mol. The maximum Gasteiger partial charge on any atom is 0.418 e. The van der Waals surface area contributed by atoms with Crippen LogP contribution in [0, 0.1) is 0 Å². The summed E-state index contributed by atoms with van der Waals surface area (Å²) in [6, 6.07) is 11.3. The summed E-state index contributed by atoms with van der Waals surface area (Å²) in [6.45, 7) is -0.258. The largest absolute Gasteiger partial charge is 0.418 e. The number of anilines is 1. The van der Waals surface area contributed by atoms with E-state index in [1.165, 1.54) is 23.9 Å². The first-order valence-electron chi connectivity index (χ1n) is 7.79. The Morgan fingerprint density at radius 2 is 1.70 bits per heavy atom.